The average molecular weight is 1180 g/mol. The Kier molecular flexibility index (Phi) is 19.5. The highest BCUT2D eigenvalue weighted by Crippen LogP contribution is 2.38. The predicted octanol–water partition coefficient (Wildman–Crippen LogP) is 13.9. The van der Waals surface area contributed by atoms with Crippen LogP contribution in [-0.2, 0) is 41.8 Å². The van der Waals surface area contributed by atoms with Gasteiger partial charge in [0.1, 0.15) is 58.8 Å². The molecule has 10 rings (SSSR count). The van der Waals surface area contributed by atoms with Gasteiger partial charge >= 0.3 is 11.9 Å². The lowest BCUT2D eigenvalue weighted by Gasteiger charge is -2.16. The van der Waals surface area contributed by atoms with Crippen molar-refractivity contribution in [2.45, 2.75) is 68.5 Å². The van der Waals surface area contributed by atoms with Gasteiger partial charge in [0.15, 0.2) is 0 Å². The molecule has 0 saturated heterocycles. The summed E-state index contributed by atoms with van der Waals surface area (Å²) >= 11 is 0. The number of ketones is 2. The quantitative estimate of drug-likeness (QED) is 0.0157. The standard InChI is InChI=1S/C72H70N4O12/c1-9-75-59-31-27-49(69(73-87-47(7)77)53-21-15-13-19-45(53)5)41-55(59)57-43-51(29-33-61(57)75)71(79)67-63(83-11-3)23-17-25-65(67)85-39-37-81-35-36-82-38-40-86-66-26-18-24-64(84-12-4)68(66)72(80)52-30-34-62-58(44-52)56-42-50(28-32-60(56)76(62)10-2)70(74-88-48(8)78)54-22-16-14-20-46(54)6/h13-34,41-44H,9-12,35-40H2,1-8H3. The van der Waals surface area contributed by atoms with E-state index in [9.17, 15) is 19.2 Å². The van der Waals surface area contributed by atoms with E-state index in [1.807, 2.05) is 149 Å². The maximum absolute atomic E-state index is 14.7. The first-order chi connectivity index (χ1) is 42.8. The lowest BCUT2D eigenvalue weighted by Crippen LogP contribution is -2.15. The van der Waals surface area contributed by atoms with Crippen LogP contribution in [0.15, 0.2) is 168 Å². The summed E-state index contributed by atoms with van der Waals surface area (Å²) in [6, 6.07) is 49.7. The molecule has 16 nitrogen and oxygen atoms in total. The van der Waals surface area contributed by atoms with Crippen molar-refractivity contribution in [2.24, 2.45) is 10.3 Å². The van der Waals surface area contributed by atoms with Gasteiger partial charge < -0.3 is 47.2 Å². The maximum atomic E-state index is 14.7. The van der Waals surface area contributed by atoms with E-state index in [1.54, 1.807) is 36.4 Å². The normalized spacial score (nSPS) is 11.8. The number of aryl methyl sites for hydroxylation is 4. The molecular weight excluding hydrogens is 1110 g/mol. The van der Waals surface area contributed by atoms with Gasteiger partial charge in [0.25, 0.3) is 0 Å². The Morgan fingerprint density at radius 1 is 0.386 bits per heavy atom. The Labute approximate surface area is 510 Å². The van der Waals surface area contributed by atoms with Gasteiger partial charge in [-0.1, -0.05) is 83.1 Å². The topological polar surface area (TPSA) is 177 Å². The van der Waals surface area contributed by atoms with Crippen molar-refractivity contribution in [3.05, 3.63) is 213 Å². The van der Waals surface area contributed by atoms with E-state index in [2.05, 4.69) is 33.3 Å². The smallest absolute Gasteiger partial charge is 0.332 e. The number of rotatable bonds is 27. The zero-order valence-corrected chi connectivity index (χ0v) is 50.8. The van der Waals surface area contributed by atoms with Crippen LogP contribution in [0.4, 0.5) is 0 Å². The predicted molar refractivity (Wildman–Crippen MR) is 342 cm³/mol. The number of ether oxygens (including phenoxy) is 6. The van der Waals surface area contributed by atoms with Crippen LogP contribution in [-0.4, -0.2) is 96.9 Å². The fraction of sp³-hybridized carbons (Fsp3) is 0.250. The molecule has 0 N–H and O–H groups in total. The van der Waals surface area contributed by atoms with E-state index in [4.69, 9.17) is 38.1 Å². The van der Waals surface area contributed by atoms with Gasteiger partial charge in [0.2, 0.25) is 11.6 Å². The molecule has 0 aliphatic heterocycles. The molecule has 0 aliphatic carbocycles. The first kappa shape index (κ1) is 61.2. The summed E-state index contributed by atoms with van der Waals surface area (Å²) < 4.78 is 40.8. The first-order valence-electron chi connectivity index (χ1n) is 29.6. The molecule has 0 radical (unpaired) electrons. The van der Waals surface area contributed by atoms with E-state index in [1.165, 1.54) is 13.8 Å². The Bertz CT molecular complexity index is 4050. The third-order valence-corrected chi connectivity index (χ3v) is 15.1. The maximum Gasteiger partial charge on any atom is 0.332 e. The zero-order chi connectivity index (χ0) is 61.8. The van der Waals surface area contributed by atoms with Crippen LogP contribution in [0, 0.1) is 13.8 Å². The number of nitrogens with zero attached hydrogens (tertiary/aromatic N) is 4. The summed E-state index contributed by atoms with van der Waals surface area (Å²) in [7, 11) is 0. The van der Waals surface area contributed by atoms with E-state index in [-0.39, 0.29) is 51.2 Å². The highest BCUT2D eigenvalue weighted by atomic mass is 16.7. The minimum absolute atomic E-state index is 0.145. The van der Waals surface area contributed by atoms with Gasteiger partial charge in [-0.3, -0.25) is 9.59 Å². The Hall–Kier alpha value is -9.90. The molecule has 0 unspecified atom stereocenters. The van der Waals surface area contributed by atoms with E-state index in [0.717, 1.165) is 77.0 Å². The molecule has 0 fully saturated rings. The first-order valence-corrected chi connectivity index (χ1v) is 29.6. The van der Waals surface area contributed by atoms with Crippen LogP contribution < -0.4 is 18.9 Å². The van der Waals surface area contributed by atoms with Crippen molar-refractivity contribution in [3.8, 4) is 23.0 Å². The van der Waals surface area contributed by atoms with Crippen molar-refractivity contribution < 1.29 is 57.3 Å². The largest absolute Gasteiger partial charge is 0.493 e. The van der Waals surface area contributed by atoms with Gasteiger partial charge in [-0.05, 0) is 138 Å². The lowest BCUT2D eigenvalue weighted by atomic mass is 9.96. The molecule has 0 spiro atoms. The molecule has 10 aromatic rings. The van der Waals surface area contributed by atoms with Crippen molar-refractivity contribution in [3.63, 3.8) is 0 Å². The second-order valence-corrected chi connectivity index (χ2v) is 20.8. The van der Waals surface area contributed by atoms with Crippen LogP contribution in [0.2, 0.25) is 0 Å². The van der Waals surface area contributed by atoms with Crippen LogP contribution in [0.3, 0.4) is 0 Å². The Morgan fingerprint density at radius 2 is 0.716 bits per heavy atom. The van der Waals surface area contributed by atoms with E-state index >= 15 is 0 Å². The third kappa shape index (κ3) is 13.1. The summed E-state index contributed by atoms with van der Waals surface area (Å²) in [4.78, 5) is 63.8. The molecule has 2 aromatic heterocycles. The molecule has 0 amide bonds. The van der Waals surface area contributed by atoms with Gasteiger partial charge in [-0.15, -0.1) is 0 Å². The van der Waals surface area contributed by atoms with Gasteiger partial charge in [0, 0.05) is 104 Å². The number of benzene rings is 8. The molecule has 2 heterocycles. The number of hydrogen-bond donors (Lipinski definition) is 0. The van der Waals surface area contributed by atoms with E-state index in [0.29, 0.717) is 83.0 Å². The Balaban J connectivity index is 0.786. The summed E-state index contributed by atoms with van der Waals surface area (Å²) in [5.74, 6) is -0.0695. The fourth-order valence-corrected chi connectivity index (χ4v) is 11.2. The van der Waals surface area contributed by atoms with Crippen molar-refractivity contribution in [1.29, 1.82) is 0 Å². The molecule has 88 heavy (non-hydrogen) atoms. The van der Waals surface area contributed by atoms with E-state index < -0.39 is 11.9 Å². The zero-order valence-electron chi connectivity index (χ0n) is 50.8. The number of oxime groups is 2. The molecule has 0 aliphatic rings. The minimum atomic E-state index is -0.527. The van der Waals surface area contributed by atoms with Crippen molar-refractivity contribution in [1.82, 2.24) is 9.13 Å². The SMILES string of the molecule is CCOc1cccc(OCCOCCOCCOc2cccc(OCC)c2C(=O)c2ccc3c(c2)c2cc(C(=NOC(C)=O)c4ccccc4C)ccc2n3CC)c1C(=O)c1ccc2c(c1)c1cc(C(=NOC(C)=O)c3ccccc3C)ccc1n2CC. The second kappa shape index (κ2) is 28.1. The molecule has 450 valence electrons. The fourth-order valence-electron chi connectivity index (χ4n) is 11.2. The molecule has 0 bridgehead atoms. The molecule has 16 heteroatoms. The molecule has 0 atom stereocenters. The molecular formula is C72H70N4O12. The van der Waals surface area contributed by atoms with Crippen LogP contribution in [0.25, 0.3) is 43.6 Å². The lowest BCUT2D eigenvalue weighted by molar-refractivity contribution is -0.141. The summed E-state index contributed by atoms with van der Waals surface area (Å²) in [6.07, 6.45) is 0. The van der Waals surface area contributed by atoms with Crippen LogP contribution >= 0.6 is 0 Å². The van der Waals surface area contributed by atoms with Gasteiger partial charge in [-0.25, -0.2) is 9.59 Å². The Morgan fingerprint density at radius 3 is 1.06 bits per heavy atom. The number of fused-ring (bicyclic) bond motifs is 6. The summed E-state index contributed by atoms with van der Waals surface area (Å²) in [5, 5.41) is 12.2. The summed E-state index contributed by atoms with van der Waals surface area (Å²) in [5.41, 5.74) is 11.5. The molecule has 0 saturated carbocycles. The number of carbonyl (C=O) groups excluding carboxylic acids is 4. The number of hydrogen-bond acceptors (Lipinski definition) is 14. The third-order valence-electron chi connectivity index (χ3n) is 15.1. The molecule has 8 aromatic carbocycles. The second-order valence-electron chi connectivity index (χ2n) is 20.8. The van der Waals surface area contributed by atoms with Gasteiger partial charge in [-0.2, -0.15) is 0 Å². The number of aromatic nitrogens is 2. The van der Waals surface area contributed by atoms with Crippen LogP contribution in [0.5, 0.6) is 23.0 Å². The highest BCUT2D eigenvalue weighted by Gasteiger charge is 2.26. The van der Waals surface area contributed by atoms with Gasteiger partial charge in [0.05, 0.1) is 39.6 Å². The van der Waals surface area contributed by atoms with Crippen LogP contribution in [0.1, 0.15) is 107 Å². The van der Waals surface area contributed by atoms with Crippen molar-refractivity contribution >= 4 is 78.5 Å². The summed E-state index contributed by atoms with van der Waals surface area (Å²) in [6.45, 7) is 17.8. The minimum Gasteiger partial charge on any atom is -0.493 e. The monoisotopic (exact) mass is 1180 g/mol. The van der Waals surface area contributed by atoms with Crippen molar-refractivity contribution in [2.75, 3.05) is 52.9 Å². The number of carbonyl (C=O) groups is 4. The average Bonchev–Trinajstić information content (AvgIpc) is 1.90. The highest BCUT2D eigenvalue weighted by molar-refractivity contribution is 6.21.